The first-order valence-corrected chi connectivity index (χ1v) is 5.77. The third-order valence-corrected chi connectivity index (χ3v) is 2.96. The molecule has 5 nitrogen and oxygen atoms in total. The van der Waals surface area contributed by atoms with Crippen LogP contribution >= 0.6 is 23.2 Å². The minimum absolute atomic E-state index is 0.00975. The maximum atomic E-state index is 6.12. The lowest BCUT2D eigenvalue weighted by Gasteiger charge is -2.15. The number of tetrazole rings is 1. The van der Waals surface area contributed by atoms with Gasteiger partial charge in [0.1, 0.15) is 0 Å². The molecule has 0 spiro atoms. The Morgan fingerprint density at radius 1 is 1.35 bits per heavy atom. The number of aromatic nitrogens is 4. The number of hydrogen-bond donors (Lipinski definition) is 1. The summed E-state index contributed by atoms with van der Waals surface area (Å²) in [7, 11) is 1.76. The van der Waals surface area contributed by atoms with Gasteiger partial charge in [0, 0.05) is 17.1 Å². The van der Waals surface area contributed by atoms with Gasteiger partial charge in [-0.25, -0.2) is 4.68 Å². The van der Waals surface area contributed by atoms with Crippen molar-refractivity contribution >= 4 is 29.2 Å². The Bertz CT molecular complexity index is 525. The molecule has 7 heteroatoms. The smallest absolute Gasteiger partial charge is 0.243 e. The van der Waals surface area contributed by atoms with E-state index in [0.717, 1.165) is 5.56 Å². The van der Waals surface area contributed by atoms with Crippen molar-refractivity contribution in [1.82, 2.24) is 20.2 Å². The van der Waals surface area contributed by atoms with Gasteiger partial charge in [0.2, 0.25) is 5.95 Å². The molecule has 0 saturated heterocycles. The van der Waals surface area contributed by atoms with Crippen LogP contribution in [0.5, 0.6) is 0 Å². The number of rotatable bonds is 3. The molecule has 90 valence electrons. The predicted molar refractivity (Wildman–Crippen MR) is 67.3 cm³/mol. The minimum atomic E-state index is -0.00975. The summed E-state index contributed by atoms with van der Waals surface area (Å²) in [5.41, 5.74) is 0.944. The van der Waals surface area contributed by atoms with Gasteiger partial charge in [-0.05, 0) is 35.0 Å². The molecule has 0 saturated carbocycles. The summed E-state index contributed by atoms with van der Waals surface area (Å²) < 4.78 is 1.56. The van der Waals surface area contributed by atoms with Gasteiger partial charge in [-0.2, -0.15) is 0 Å². The molecule has 1 heterocycles. The third-order valence-electron chi connectivity index (χ3n) is 2.39. The van der Waals surface area contributed by atoms with Crippen LogP contribution in [0.2, 0.25) is 10.0 Å². The highest BCUT2D eigenvalue weighted by molar-refractivity contribution is 6.35. The normalized spacial score (nSPS) is 12.5. The Kier molecular flexibility index (Phi) is 3.49. The van der Waals surface area contributed by atoms with E-state index in [1.807, 2.05) is 13.0 Å². The highest BCUT2D eigenvalue weighted by Crippen LogP contribution is 2.27. The van der Waals surface area contributed by atoms with Gasteiger partial charge >= 0.3 is 0 Å². The van der Waals surface area contributed by atoms with Crippen molar-refractivity contribution in [1.29, 1.82) is 0 Å². The average Bonchev–Trinajstić information content (AvgIpc) is 2.64. The Morgan fingerprint density at radius 2 is 2.12 bits per heavy atom. The summed E-state index contributed by atoms with van der Waals surface area (Å²) in [6, 6.07) is 5.39. The maximum Gasteiger partial charge on any atom is 0.243 e. The van der Waals surface area contributed by atoms with Crippen LogP contribution in [0.15, 0.2) is 18.2 Å². The van der Waals surface area contributed by atoms with Crippen LogP contribution in [0.4, 0.5) is 5.95 Å². The van der Waals surface area contributed by atoms with E-state index in [2.05, 4.69) is 20.8 Å². The van der Waals surface area contributed by atoms with E-state index < -0.39 is 0 Å². The average molecular weight is 272 g/mol. The summed E-state index contributed by atoms with van der Waals surface area (Å²) in [4.78, 5) is 0. The van der Waals surface area contributed by atoms with E-state index in [0.29, 0.717) is 16.0 Å². The zero-order valence-electron chi connectivity index (χ0n) is 9.35. The molecule has 1 N–H and O–H groups in total. The number of benzene rings is 1. The van der Waals surface area contributed by atoms with E-state index in [-0.39, 0.29) is 6.04 Å². The molecule has 1 aromatic heterocycles. The summed E-state index contributed by atoms with van der Waals surface area (Å²) >= 11 is 12.0. The van der Waals surface area contributed by atoms with Gasteiger partial charge in [-0.3, -0.25) is 0 Å². The molecule has 1 atom stereocenters. The van der Waals surface area contributed by atoms with Crippen molar-refractivity contribution in [3.8, 4) is 0 Å². The number of anilines is 1. The Labute approximate surface area is 109 Å². The molecule has 2 aromatic rings. The summed E-state index contributed by atoms with van der Waals surface area (Å²) in [5.74, 6) is 0.587. The Balaban J connectivity index is 2.20. The predicted octanol–water partition coefficient (Wildman–Crippen LogP) is 2.69. The van der Waals surface area contributed by atoms with Crippen molar-refractivity contribution < 1.29 is 0 Å². The number of halogens is 2. The summed E-state index contributed by atoms with van der Waals surface area (Å²) in [6.45, 7) is 1.98. The van der Waals surface area contributed by atoms with Crippen LogP contribution in [0, 0.1) is 0 Å². The number of nitrogens with zero attached hydrogens (tertiary/aromatic N) is 4. The highest BCUT2D eigenvalue weighted by atomic mass is 35.5. The SMILES string of the molecule is CC(Nc1nnnn1C)c1ccc(Cl)cc1Cl. The monoisotopic (exact) mass is 271 g/mol. The van der Waals surface area contributed by atoms with E-state index in [1.165, 1.54) is 0 Å². The first kappa shape index (κ1) is 12.1. The molecule has 0 fully saturated rings. The lowest BCUT2D eigenvalue weighted by molar-refractivity contribution is 0.706. The van der Waals surface area contributed by atoms with E-state index in [4.69, 9.17) is 23.2 Å². The van der Waals surface area contributed by atoms with Crippen molar-refractivity contribution in [2.45, 2.75) is 13.0 Å². The van der Waals surface area contributed by atoms with Crippen molar-refractivity contribution in [2.75, 3.05) is 5.32 Å². The summed E-state index contributed by atoms with van der Waals surface area (Å²) in [5, 5.41) is 15.5. The fourth-order valence-electron chi connectivity index (χ4n) is 1.48. The highest BCUT2D eigenvalue weighted by Gasteiger charge is 2.12. The molecular formula is C10H11Cl2N5. The van der Waals surface area contributed by atoms with Crippen LogP contribution in [0.3, 0.4) is 0 Å². The molecule has 0 aliphatic rings. The molecule has 2 rings (SSSR count). The van der Waals surface area contributed by atoms with E-state index >= 15 is 0 Å². The van der Waals surface area contributed by atoms with Crippen LogP contribution < -0.4 is 5.32 Å². The molecule has 0 bridgehead atoms. The number of nitrogens with one attached hydrogen (secondary N) is 1. The molecule has 17 heavy (non-hydrogen) atoms. The van der Waals surface area contributed by atoms with Gasteiger partial charge in [0.25, 0.3) is 0 Å². The number of aryl methyl sites for hydroxylation is 1. The first-order valence-electron chi connectivity index (χ1n) is 5.02. The van der Waals surface area contributed by atoms with E-state index in [9.17, 15) is 0 Å². The van der Waals surface area contributed by atoms with Crippen LogP contribution in [-0.2, 0) is 7.05 Å². The second-order valence-corrected chi connectivity index (χ2v) is 4.50. The Morgan fingerprint density at radius 3 is 2.71 bits per heavy atom. The second-order valence-electron chi connectivity index (χ2n) is 3.66. The second kappa shape index (κ2) is 4.89. The molecule has 0 radical (unpaired) electrons. The van der Waals surface area contributed by atoms with E-state index in [1.54, 1.807) is 23.9 Å². The van der Waals surface area contributed by atoms with Crippen molar-refractivity contribution in [3.05, 3.63) is 33.8 Å². The minimum Gasteiger partial charge on any atom is -0.347 e. The molecule has 0 aliphatic carbocycles. The maximum absolute atomic E-state index is 6.12. The van der Waals surface area contributed by atoms with Crippen LogP contribution in [0.25, 0.3) is 0 Å². The molecular weight excluding hydrogens is 261 g/mol. The first-order chi connectivity index (χ1) is 8.08. The number of hydrogen-bond acceptors (Lipinski definition) is 4. The third kappa shape index (κ3) is 2.68. The van der Waals surface area contributed by atoms with Gasteiger partial charge < -0.3 is 5.32 Å². The van der Waals surface area contributed by atoms with Crippen molar-refractivity contribution in [2.24, 2.45) is 7.05 Å². The largest absolute Gasteiger partial charge is 0.347 e. The topological polar surface area (TPSA) is 55.6 Å². The van der Waals surface area contributed by atoms with Gasteiger partial charge in [0.05, 0.1) is 6.04 Å². The molecule has 1 unspecified atom stereocenters. The molecule has 0 amide bonds. The lowest BCUT2D eigenvalue weighted by atomic mass is 10.1. The van der Waals surface area contributed by atoms with Crippen LogP contribution in [0.1, 0.15) is 18.5 Å². The van der Waals surface area contributed by atoms with Crippen molar-refractivity contribution in [3.63, 3.8) is 0 Å². The fraction of sp³-hybridized carbons (Fsp3) is 0.300. The van der Waals surface area contributed by atoms with Gasteiger partial charge in [0.15, 0.2) is 0 Å². The molecule has 0 aliphatic heterocycles. The zero-order valence-corrected chi connectivity index (χ0v) is 10.9. The lowest BCUT2D eigenvalue weighted by Crippen LogP contribution is -2.11. The summed E-state index contributed by atoms with van der Waals surface area (Å²) in [6.07, 6.45) is 0. The fourth-order valence-corrected chi connectivity index (χ4v) is 2.05. The van der Waals surface area contributed by atoms with Gasteiger partial charge in [-0.15, -0.1) is 0 Å². The molecule has 1 aromatic carbocycles. The quantitative estimate of drug-likeness (QED) is 0.933. The van der Waals surface area contributed by atoms with Crippen LogP contribution in [-0.4, -0.2) is 20.2 Å². The standard InChI is InChI=1S/C10H11Cl2N5/c1-6(13-10-14-15-16-17(10)2)8-4-3-7(11)5-9(8)12/h3-6H,1-2H3,(H,13,14,16). The Hall–Kier alpha value is -1.33. The zero-order chi connectivity index (χ0) is 12.4. The van der Waals surface area contributed by atoms with Gasteiger partial charge in [-0.1, -0.05) is 34.4 Å².